The lowest BCUT2D eigenvalue weighted by molar-refractivity contribution is -0.136. The Balaban J connectivity index is 1.44. The van der Waals surface area contributed by atoms with Crippen LogP contribution in [0.4, 0.5) is 4.39 Å². The molecule has 172 valence electrons. The Labute approximate surface area is 194 Å². The monoisotopic (exact) mass is 447 g/mol. The summed E-state index contributed by atoms with van der Waals surface area (Å²) in [5, 5.41) is 3.12. The van der Waals surface area contributed by atoms with Crippen molar-refractivity contribution in [2.75, 3.05) is 26.9 Å². The molecular formula is C28H30FNO3. The van der Waals surface area contributed by atoms with E-state index in [1.165, 1.54) is 12.1 Å². The fourth-order valence-electron chi connectivity index (χ4n) is 4.48. The fraction of sp³-hybridized carbons (Fsp3) is 0.321. The van der Waals surface area contributed by atoms with Crippen LogP contribution in [-0.2, 0) is 22.4 Å². The number of hydrogen-bond donors (Lipinski definition) is 1. The summed E-state index contributed by atoms with van der Waals surface area (Å²) in [5.74, 6) is 0.661. The topological polar surface area (TPSA) is 47.6 Å². The van der Waals surface area contributed by atoms with E-state index < -0.39 is 5.41 Å². The van der Waals surface area contributed by atoms with Crippen molar-refractivity contribution in [3.05, 3.63) is 89.7 Å². The lowest BCUT2D eigenvalue weighted by atomic mass is 9.74. The predicted molar refractivity (Wildman–Crippen MR) is 128 cm³/mol. The number of rotatable bonds is 8. The van der Waals surface area contributed by atoms with Crippen LogP contribution in [-0.4, -0.2) is 32.8 Å². The van der Waals surface area contributed by atoms with Crippen molar-refractivity contribution in [2.24, 2.45) is 5.41 Å². The number of halogens is 1. The highest BCUT2D eigenvalue weighted by molar-refractivity contribution is 5.83. The Morgan fingerprint density at radius 1 is 0.970 bits per heavy atom. The Morgan fingerprint density at radius 2 is 1.64 bits per heavy atom. The number of carbonyl (C=O) groups excluding carboxylic acids is 1. The van der Waals surface area contributed by atoms with Crippen molar-refractivity contribution >= 4 is 5.91 Å². The molecule has 1 amide bonds. The number of para-hydroxylation sites is 1. The minimum Gasteiger partial charge on any atom is -0.496 e. The van der Waals surface area contributed by atoms with Gasteiger partial charge in [0.25, 0.3) is 0 Å². The molecule has 1 saturated heterocycles. The molecule has 0 bridgehead atoms. The van der Waals surface area contributed by atoms with Gasteiger partial charge >= 0.3 is 0 Å². The van der Waals surface area contributed by atoms with Crippen LogP contribution in [0.25, 0.3) is 11.1 Å². The zero-order valence-electron chi connectivity index (χ0n) is 19.0. The number of benzene rings is 3. The molecule has 5 heteroatoms. The lowest BCUT2D eigenvalue weighted by Gasteiger charge is -2.36. The Morgan fingerprint density at radius 3 is 2.33 bits per heavy atom. The van der Waals surface area contributed by atoms with Gasteiger partial charge < -0.3 is 14.8 Å². The molecule has 0 radical (unpaired) electrons. The standard InChI is InChI=1S/C28H30FNO3/c1-32-26-5-3-2-4-25(26)23-10-6-22(7-11-23)20-28(15-18-33-19-16-28)27(31)30-17-14-21-8-12-24(29)13-9-21/h2-13H,14-20H2,1H3,(H,30,31). The normalized spacial score (nSPS) is 15.1. The van der Waals surface area contributed by atoms with Crippen molar-refractivity contribution in [1.82, 2.24) is 5.32 Å². The molecule has 1 aliphatic heterocycles. The number of methoxy groups -OCH3 is 1. The molecule has 0 spiro atoms. The quantitative estimate of drug-likeness (QED) is 0.516. The smallest absolute Gasteiger partial charge is 0.226 e. The summed E-state index contributed by atoms with van der Waals surface area (Å²) < 4.78 is 24.2. The minimum atomic E-state index is -0.479. The van der Waals surface area contributed by atoms with Gasteiger partial charge in [0.05, 0.1) is 12.5 Å². The van der Waals surface area contributed by atoms with Gasteiger partial charge in [-0.1, -0.05) is 54.6 Å². The summed E-state index contributed by atoms with van der Waals surface area (Å²) in [6.45, 7) is 1.70. The van der Waals surface area contributed by atoms with E-state index in [0.717, 1.165) is 28.0 Å². The first-order valence-electron chi connectivity index (χ1n) is 11.4. The minimum absolute atomic E-state index is 0.0710. The van der Waals surface area contributed by atoms with E-state index in [0.29, 0.717) is 45.4 Å². The summed E-state index contributed by atoms with van der Waals surface area (Å²) in [6, 6.07) is 22.8. The van der Waals surface area contributed by atoms with Gasteiger partial charge in [0.15, 0.2) is 0 Å². The summed E-state index contributed by atoms with van der Waals surface area (Å²) in [6.07, 6.45) is 2.74. The molecule has 0 saturated carbocycles. The van der Waals surface area contributed by atoms with Gasteiger partial charge in [-0.15, -0.1) is 0 Å². The highest BCUT2D eigenvalue weighted by atomic mass is 19.1. The van der Waals surface area contributed by atoms with Crippen LogP contribution in [0.15, 0.2) is 72.8 Å². The Hall–Kier alpha value is -3.18. The molecule has 4 rings (SSSR count). The van der Waals surface area contributed by atoms with Gasteiger partial charge in [0.2, 0.25) is 5.91 Å². The van der Waals surface area contributed by atoms with Gasteiger partial charge in [0, 0.05) is 25.3 Å². The first-order valence-corrected chi connectivity index (χ1v) is 11.4. The zero-order chi connectivity index (χ0) is 23.1. The third-order valence-electron chi connectivity index (χ3n) is 6.46. The second-order valence-electron chi connectivity index (χ2n) is 8.60. The molecule has 0 atom stereocenters. The van der Waals surface area contributed by atoms with Gasteiger partial charge in [-0.2, -0.15) is 0 Å². The second-order valence-corrected chi connectivity index (χ2v) is 8.60. The zero-order valence-corrected chi connectivity index (χ0v) is 19.0. The van der Waals surface area contributed by atoms with Crippen molar-refractivity contribution < 1.29 is 18.7 Å². The molecule has 4 nitrogen and oxygen atoms in total. The van der Waals surface area contributed by atoms with Crippen molar-refractivity contribution in [3.63, 3.8) is 0 Å². The van der Waals surface area contributed by atoms with E-state index in [1.807, 2.05) is 24.3 Å². The molecule has 0 unspecified atom stereocenters. The van der Waals surface area contributed by atoms with E-state index in [2.05, 4.69) is 29.6 Å². The highest BCUT2D eigenvalue weighted by Gasteiger charge is 2.39. The number of hydrogen-bond acceptors (Lipinski definition) is 3. The third kappa shape index (κ3) is 5.60. The molecule has 3 aromatic rings. The molecule has 1 heterocycles. The van der Waals surface area contributed by atoms with Crippen LogP contribution >= 0.6 is 0 Å². The fourth-order valence-corrected chi connectivity index (χ4v) is 4.48. The molecule has 33 heavy (non-hydrogen) atoms. The molecule has 1 N–H and O–H groups in total. The predicted octanol–water partition coefficient (Wildman–Crippen LogP) is 5.20. The molecule has 3 aromatic carbocycles. The van der Waals surface area contributed by atoms with Crippen LogP contribution < -0.4 is 10.1 Å². The molecule has 1 fully saturated rings. The third-order valence-corrected chi connectivity index (χ3v) is 6.46. The average molecular weight is 448 g/mol. The van der Waals surface area contributed by atoms with Crippen LogP contribution in [0, 0.1) is 11.2 Å². The van der Waals surface area contributed by atoms with E-state index in [-0.39, 0.29) is 11.7 Å². The number of amides is 1. The second kappa shape index (κ2) is 10.6. The maximum absolute atomic E-state index is 13.3. The number of carbonyl (C=O) groups is 1. The lowest BCUT2D eigenvalue weighted by Crippen LogP contribution is -2.46. The number of ether oxygens (including phenoxy) is 2. The van der Waals surface area contributed by atoms with E-state index in [4.69, 9.17) is 9.47 Å². The Kier molecular flexibility index (Phi) is 7.40. The average Bonchev–Trinajstić information content (AvgIpc) is 2.86. The first-order chi connectivity index (χ1) is 16.1. The van der Waals surface area contributed by atoms with Gasteiger partial charge in [0.1, 0.15) is 11.6 Å². The molecule has 1 aliphatic rings. The molecule has 0 aromatic heterocycles. The van der Waals surface area contributed by atoms with Gasteiger partial charge in [-0.3, -0.25) is 4.79 Å². The summed E-state index contributed by atoms with van der Waals surface area (Å²) >= 11 is 0. The molecule has 0 aliphatic carbocycles. The van der Waals surface area contributed by atoms with Crippen LogP contribution in [0.5, 0.6) is 5.75 Å². The van der Waals surface area contributed by atoms with Gasteiger partial charge in [-0.25, -0.2) is 4.39 Å². The highest BCUT2D eigenvalue weighted by Crippen LogP contribution is 2.36. The van der Waals surface area contributed by atoms with E-state index in [1.54, 1.807) is 19.2 Å². The van der Waals surface area contributed by atoms with Crippen LogP contribution in [0.2, 0.25) is 0 Å². The van der Waals surface area contributed by atoms with E-state index in [9.17, 15) is 9.18 Å². The van der Waals surface area contributed by atoms with Crippen LogP contribution in [0.1, 0.15) is 24.0 Å². The van der Waals surface area contributed by atoms with Crippen LogP contribution in [0.3, 0.4) is 0 Å². The first kappa shape index (κ1) is 23.0. The van der Waals surface area contributed by atoms with Crippen molar-refractivity contribution in [2.45, 2.75) is 25.7 Å². The van der Waals surface area contributed by atoms with E-state index >= 15 is 0 Å². The Bertz CT molecular complexity index is 1060. The largest absolute Gasteiger partial charge is 0.496 e. The van der Waals surface area contributed by atoms with Gasteiger partial charge in [-0.05, 0) is 60.6 Å². The maximum Gasteiger partial charge on any atom is 0.226 e. The summed E-state index contributed by atoms with van der Waals surface area (Å²) in [5.41, 5.74) is 3.79. The van der Waals surface area contributed by atoms with Crippen molar-refractivity contribution in [3.8, 4) is 16.9 Å². The maximum atomic E-state index is 13.3. The number of nitrogens with one attached hydrogen (secondary N) is 1. The van der Waals surface area contributed by atoms with Crippen molar-refractivity contribution in [1.29, 1.82) is 0 Å². The summed E-state index contributed by atoms with van der Waals surface area (Å²) in [4.78, 5) is 13.3. The SMILES string of the molecule is COc1ccccc1-c1ccc(CC2(C(=O)NCCc3ccc(F)cc3)CCOCC2)cc1. The molecular weight excluding hydrogens is 417 g/mol. The summed E-state index contributed by atoms with van der Waals surface area (Å²) in [7, 11) is 1.68.